The Morgan fingerprint density at radius 2 is 1.83 bits per heavy atom. The Kier molecular flexibility index (Phi) is 6.50. The SMILES string of the molecule is CCSCn1nnc(-c2ccc(OC)cc2)c1C(=O)Nc1ccc(C(N)=O)cc1. The number of primary amides is 1. The number of amides is 2. The van der Waals surface area contributed by atoms with E-state index in [1.54, 1.807) is 60.0 Å². The molecule has 150 valence electrons. The smallest absolute Gasteiger partial charge is 0.276 e. The number of aromatic nitrogens is 3. The van der Waals surface area contributed by atoms with Gasteiger partial charge >= 0.3 is 0 Å². The van der Waals surface area contributed by atoms with Crippen LogP contribution in [-0.2, 0) is 5.88 Å². The fraction of sp³-hybridized carbons (Fsp3) is 0.200. The second-order valence-corrected chi connectivity index (χ2v) is 7.28. The van der Waals surface area contributed by atoms with Gasteiger partial charge in [0.1, 0.15) is 11.4 Å². The van der Waals surface area contributed by atoms with E-state index in [0.29, 0.717) is 34.3 Å². The minimum absolute atomic E-state index is 0.343. The zero-order valence-corrected chi connectivity index (χ0v) is 16.9. The molecule has 2 amide bonds. The van der Waals surface area contributed by atoms with Crippen LogP contribution in [0.2, 0.25) is 0 Å². The number of thioether (sulfide) groups is 1. The summed E-state index contributed by atoms with van der Waals surface area (Å²) in [7, 11) is 1.59. The van der Waals surface area contributed by atoms with Gasteiger partial charge in [0.2, 0.25) is 5.91 Å². The molecule has 1 aromatic heterocycles. The number of ether oxygens (including phenoxy) is 1. The molecule has 0 spiro atoms. The Labute approximate surface area is 172 Å². The van der Waals surface area contributed by atoms with Crippen LogP contribution in [0.4, 0.5) is 5.69 Å². The molecular formula is C20H21N5O3S. The van der Waals surface area contributed by atoms with Crippen molar-refractivity contribution in [1.82, 2.24) is 15.0 Å². The van der Waals surface area contributed by atoms with E-state index in [1.165, 1.54) is 0 Å². The van der Waals surface area contributed by atoms with Gasteiger partial charge in [0.15, 0.2) is 5.69 Å². The van der Waals surface area contributed by atoms with Crippen LogP contribution in [0.25, 0.3) is 11.3 Å². The van der Waals surface area contributed by atoms with E-state index in [-0.39, 0.29) is 5.91 Å². The first kappa shape index (κ1) is 20.4. The van der Waals surface area contributed by atoms with Gasteiger partial charge in [-0.25, -0.2) is 4.68 Å². The molecule has 0 atom stereocenters. The molecule has 0 fully saturated rings. The lowest BCUT2D eigenvalue weighted by atomic mass is 10.1. The summed E-state index contributed by atoms with van der Waals surface area (Å²) in [6, 6.07) is 13.6. The highest BCUT2D eigenvalue weighted by molar-refractivity contribution is 7.98. The lowest BCUT2D eigenvalue weighted by molar-refractivity contribution is 0.0997. The Bertz CT molecular complexity index is 1000. The molecule has 29 heavy (non-hydrogen) atoms. The summed E-state index contributed by atoms with van der Waals surface area (Å²) in [5, 5.41) is 11.2. The highest BCUT2D eigenvalue weighted by atomic mass is 32.2. The number of nitrogens with zero attached hydrogens (tertiary/aromatic N) is 3. The number of hydrogen-bond donors (Lipinski definition) is 2. The van der Waals surface area contributed by atoms with Crippen LogP contribution in [0.1, 0.15) is 27.8 Å². The number of carbonyl (C=O) groups excluding carboxylic acids is 2. The van der Waals surface area contributed by atoms with Crippen molar-refractivity contribution in [1.29, 1.82) is 0 Å². The molecule has 0 aliphatic carbocycles. The van der Waals surface area contributed by atoms with Gasteiger partial charge in [-0.05, 0) is 54.3 Å². The first-order chi connectivity index (χ1) is 14.0. The maximum Gasteiger partial charge on any atom is 0.276 e. The molecule has 0 saturated carbocycles. The summed E-state index contributed by atoms with van der Waals surface area (Å²) in [4.78, 5) is 24.3. The van der Waals surface area contributed by atoms with E-state index in [4.69, 9.17) is 10.5 Å². The van der Waals surface area contributed by atoms with Crippen molar-refractivity contribution in [2.75, 3.05) is 18.2 Å². The maximum atomic E-state index is 13.1. The lowest BCUT2D eigenvalue weighted by Crippen LogP contribution is -2.18. The number of nitrogens with two attached hydrogens (primary N) is 1. The summed E-state index contributed by atoms with van der Waals surface area (Å²) in [5.41, 5.74) is 7.76. The van der Waals surface area contributed by atoms with Gasteiger partial charge in [-0.3, -0.25) is 9.59 Å². The predicted octanol–water partition coefficient (Wildman–Crippen LogP) is 3.02. The van der Waals surface area contributed by atoms with Crippen LogP contribution in [0.15, 0.2) is 48.5 Å². The molecule has 1 heterocycles. The number of benzene rings is 2. The van der Waals surface area contributed by atoms with Crippen molar-refractivity contribution in [3.63, 3.8) is 0 Å². The van der Waals surface area contributed by atoms with Crippen LogP contribution in [-0.4, -0.2) is 39.7 Å². The molecule has 2 aromatic carbocycles. The number of hydrogen-bond acceptors (Lipinski definition) is 6. The van der Waals surface area contributed by atoms with Gasteiger partial charge in [-0.1, -0.05) is 12.1 Å². The van der Waals surface area contributed by atoms with Crippen LogP contribution in [0, 0.1) is 0 Å². The lowest BCUT2D eigenvalue weighted by Gasteiger charge is -2.09. The fourth-order valence-electron chi connectivity index (χ4n) is 2.66. The monoisotopic (exact) mass is 411 g/mol. The van der Waals surface area contributed by atoms with Gasteiger partial charge in [0.05, 0.1) is 13.0 Å². The normalized spacial score (nSPS) is 10.6. The second kappa shape index (κ2) is 9.24. The minimum atomic E-state index is -0.525. The van der Waals surface area contributed by atoms with Crippen molar-refractivity contribution < 1.29 is 14.3 Å². The van der Waals surface area contributed by atoms with Gasteiger partial charge in [-0.15, -0.1) is 16.9 Å². The molecule has 9 heteroatoms. The third-order valence-corrected chi connectivity index (χ3v) is 4.99. The third kappa shape index (κ3) is 4.75. The van der Waals surface area contributed by atoms with E-state index < -0.39 is 5.91 Å². The van der Waals surface area contributed by atoms with E-state index in [0.717, 1.165) is 11.3 Å². The van der Waals surface area contributed by atoms with Crippen LogP contribution >= 0.6 is 11.8 Å². The fourth-order valence-corrected chi connectivity index (χ4v) is 3.19. The zero-order valence-electron chi connectivity index (χ0n) is 16.1. The molecule has 0 aliphatic heterocycles. The highest BCUT2D eigenvalue weighted by Crippen LogP contribution is 2.25. The predicted molar refractivity (Wildman–Crippen MR) is 113 cm³/mol. The van der Waals surface area contributed by atoms with E-state index in [2.05, 4.69) is 15.6 Å². The van der Waals surface area contributed by atoms with Crippen LogP contribution in [0.5, 0.6) is 5.75 Å². The number of methoxy groups -OCH3 is 1. The van der Waals surface area contributed by atoms with Crippen LogP contribution in [0.3, 0.4) is 0 Å². The summed E-state index contributed by atoms with van der Waals surface area (Å²) < 4.78 is 6.77. The van der Waals surface area contributed by atoms with Gasteiger partial charge in [0.25, 0.3) is 5.91 Å². The number of carbonyl (C=O) groups is 2. The molecular weight excluding hydrogens is 390 g/mol. The van der Waals surface area contributed by atoms with Crippen molar-refractivity contribution >= 4 is 29.3 Å². The average molecular weight is 411 g/mol. The van der Waals surface area contributed by atoms with Crippen molar-refractivity contribution in [3.05, 3.63) is 59.8 Å². The summed E-state index contributed by atoms with van der Waals surface area (Å²) in [5.74, 6) is 1.23. The Hall–Kier alpha value is -3.33. The quantitative estimate of drug-likeness (QED) is 0.589. The standard InChI is InChI=1S/C20H21N5O3S/c1-3-29-12-25-18(17(23-24-25)13-6-10-16(28-2)11-7-13)20(27)22-15-8-4-14(5-9-15)19(21)26/h4-11H,3,12H2,1-2H3,(H2,21,26)(H,22,27). The third-order valence-electron chi connectivity index (χ3n) is 4.16. The Morgan fingerprint density at radius 3 is 2.41 bits per heavy atom. The second-order valence-electron chi connectivity index (χ2n) is 6.03. The summed E-state index contributed by atoms with van der Waals surface area (Å²) in [6.45, 7) is 2.03. The Balaban J connectivity index is 1.92. The molecule has 3 aromatic rings. The Morgan fingerprint density at radius 1 is 1.14 bits per heavy atom. The maximum absolute atomic E-state index is 13.1. The number of rotatable bonds is 8. The van der Waals surface area contributed by atoms with Crippen molar-refractivity contribution in [2.24, 2.45) is 5.73 Å². The van der Waals surface area contributed by atoms with Gasteiger partial charge < -0.3 is 15.8 Å². The molecule has 3 N–H and O–H groups in total. The van der Waals surface area contributed by atoms with E-state index in [9.17, 15) is 9.59 Å². The molecule has 0 aliphatic rings. The summed E-state index contributed by atoms with van der Waals surface area (Å²) in [6.07, 6.45) is 0. The van der Waals surface area contributed by atoms with Crippen molar-refractivity contribution in [3.8, 4) is 17.0 Å². The average Bonchev–Trinajstić information content (AvgIpc) is 3.16. The van der Waals surface area contributed by atoms with Crippen molar-refractivity contribution in [2.45, 2.75) is 12.8 Å². The molecule has 3 rings (SSSR count). The molecule has 0 saturated heterocycles. The topological polar surface area (TPSA) is 112 Å². The highest BCUT2D eigenvalue weighted by Gasteiger charge is 2.22. The summed E-state index contributed by atoms with van der Waals surface area (Å²) >= 11 is 1.63. The van der Waals surface area contributed by atoms with E-state index in [1.807, 2.05) is 19.1 Å². The first-order valence-electron chi connectivity index (χ1n) is 8.90. The minimum Gasteiger partial charge on any atom is -0.497 e. The van der Waals surface area contributed by atoms with Crippen LogP contribution < -0.4 is 15.8 Å². The molecule has 0 radical (unpaired) electrons. The largest absolute Gasteiger partial charge is 0.497 e. The van der Waals surface area contributed by atoms with Gasteiger partial charge in [0, 0.05) is 16.8 Å². The molecule has 0 bridgehead atoms. The number of anilines is 1. The van der Waals surface area contributed by atoms with Gasteiger partial charge in [-0.2, -0.15) is 0 Å². The van der Waals surface area contributed by atoms with E-state index >= 15 is 0 Å². The first-order valence-corrected chi connectivity index (χ1v) is 10.1. The zero-order chi connectivity index (χ0) is 20.8. The molecule has 8 nitrogen and oxygen atoms in total. The molecule has 0 unspecified atom stereocenters. The number of nitrogens with one attached hydrogen (secondary N) is 1.